The van der Waals surface area contributed by atoms with E-state index in [0.717, 1.165) is 18.0 Å². The highest BCUT2D eigenvalue weighted by atomic mass is 32.1. The molecule has 1 atom stereocenters. The number of aryl methyl sites for hydroxylation is 1. The van der Waals surface area contributed by atoms with Crippen molar-refractivity contribution in [1.82, 2.24) is 5.32 Å². The Morgan fingerprint density at radius 2 is 1.78 bits per heavy atom. The standard InChI is InChI=1S/C22H29N3OS/c1-17-8-4-5-9-20(17)24-22(27)23-16-21(25-14-6-3-7-15-25)18-10-12-19(26-2)13-11-18/h4-5,8-13,21H,3,6-7,14-16H2,1-2H3,(H2,23,24,27)/p+1/t21-/m1/s1. The van der Waals surface area contributed by atoms with E-state index in [1.54, 1.807) is 12.0 Å². The minimum Gasteiger partial charge on any atom is -0.497 e. The summed E-state index contributed by atoms with van der Waals surface area (Å²) >= 11 is 5.55. The lowest BCUT2D eigenvalue weighted by atomic mass is 10.0. The number of hydrogen-bond donors (Lipinski definition) is 3. The number of thiocarbonyl (C=S) groups is 1. The quantitative estimate of drug-likeness (QED) is 0.669. The van der Waals surface area contributed by atoms with Gasteiger partial charge in [-0.2, -0.15) is 0 Å². The number of para-hydroxylation sites is 1. The van der Waals surface area contributed by atoms with Gasteiger partial charge in [0.1, 0.15) is 11.8 Å². The van der Waals surface area contributed by atoms with Gasteiger partial charge in [-0.05, 0) is 74.3 Å². The smallest absolute Gasteiger partial charge is 0.171 e. The Kier molecular flexibility index (Phi) is 7.07. The first-order chi connectivity index (χ1) is 13.2. The molecular formula is C22H30N3OS+. The summed E-state index contributed by atoms with van der Waals surface area (Å²) < 4.78 is 5.32. The molecular weight excluding hydrogens is 354 g/mol. The predicted octanol–water partition coefficient (Wildman–Crippen LogP) is 3.10. The number of likely N-dealkylation sites (tertiary alicyclic amines) is 1. The number of benzene rings is 2. The van der Waals surface area contributed by atoms with Gasteiger partial charge in [-0.1, -0.05) is 18.2 Å². The molecule has 1 aliphatic rings. The number of piperidine rings is 1. The Labute approximate surface area is 167 Å². The predicted molar refractivity (Wildman–Crippen MR) is 116 cm³/mol. The molecule has 3 rings (SSSR count). The van der Waals surface area contributed by atoms with Crippen LogP contribution in [0, 0.1) is 6.92 Å². The van der Waals surface area contributed by atoms with Crippen LogP contribution in [0.15, 0.2) is 48.5 Å². The lowest BCUT2D eigenvalue weighted by Crippen LogP contribution is -3.13. The van der Waals surface area contributed by atoms with Crippen LogP contribution in [0.1, 0.15) is 36.4 Å². The van der Waals surface area contributed by atoms with Gasteiger partial charge in [0.2, 0.25) is 0 Å². The molecule has 1 aliphatic heterocycles. The second kappa shape index (κ2) is 9.72. The number of hydrogen-bond acceptors (Lipinski definition) is 2. The summed E-state index contributed by atoms with van der Waals surface area (Å²) in [5, 5.41) is 7.46. The molecule has 144 valence electrons. The number of ether oxygens (including phenoxy) is 1. The molecule has 2 aromatic carbocycles. The number of quaternary nitrogens is 1. The van der Waals surface area contributed by atoms with E-state index in [1.807, 2.05) is 12.1 Å². The zero-order valence-corrected chi connectivity index (χ0v) is 17.1. The first-order valence-electron chi connectivity index (χ1n) is 9.76. The van der Waals surface area contributed by atoms with Crippen LogP contribution in [0.4, 0.5) is 5.69 Å². The number of nitrogens with one attached hydrogen (secondary N) is 3. The fourth-order valence-corrected chi connectivity index (χ4v) is 3.96. The van der Waals surface area contributed by atoms with E-state index in [-0.39, 0.29) is 0 Å². The third kappa shape index (κ3) is 5.44. The molecule has 0 bridgehead atoms. The summed E-state index contributed by atoms with van der Waals surface area (Å²) in [5.74, 6) is 0.899. The molecule has 0 saturated carbocycles. The zero-order chi connectivity index (χ0) is 19.1. The topological polar surface area (TPSA) is 37.7 Å². The number of anilines is 1. The van der Waals surface area contributed by atoms with Gasteiger partial charge in [0.15, 0.2) is 5.11 Å². The Balaban J connectivity index is 1.67. The van der Waals surface area contributed by atoms with Crippen LogP contribution in [0.3, 0.4) is 0 Å². The van der Waals surface area contributed by atoms with Crippen LogP contribution in [-0.2, 0) is 0 Å². The van der Waals surface area contributed by atoms with Gasteiger partial charge in [0, 0.05) is 11.3 Å². The molecule has 1 heterocycles. The SMILES string of the molecule is COc1ccc([C@@H](CNC(=S)Nc2ccccc2C)[NH+]2CCCCC2)cc1. The van der Waals surface area contributed by atoms with E-state index < -0.39 is 0 Å². The van der Waals surface area contributed by atoms with E-state index in [4.69, 9.17) is 17.0 Å². The first kappa shape index (κ1) is 19.6. The lowest BCUT2D eigenvalue weighted by Gasteiger charge is -2.32. The fraction of sp³-hybridized carbons (Fsp3) is 0.409. The van der Waals surface area contributed by atoms with E-state index in [1.165, 1.54) is 43.5 Å². The van der Waals surface area contributed by atoms with Crippen molar-refractivity contribution in [2.75, 3.05) is 32.1 Å². The maximum Gasteiger partial charge on any atom is 0.171 e. The second-order valence-corrected chi connectivity index (χ2v) is 7.60. The Hall–Kier alpha value is -2.11. The highest BCUT2D eigenvalue weighted by molar-refractivity contribution is 7.80. The van der Waals surface area contributed by atoms with E-state index in [9.17, 15) is 0 Å². The molecule has 5 heteroatoms. The molecule has 2 aromatic rings. The van der Waals surface area contributed by atoms with Crippen molar-refractivity contribution < 1.29 is 9.64 Å². The van der Waals surface area contributed by atoms with E-state index >= 15 is 0 Å². The Morgan fingerprint density at radius 1 is 1.07 bits per heavy atom. The van der Waals surface area contributed by atoms with Gasteiger partial charge in [-0.3, -0.25) is 0 Å². The summed E-state index contributed by atoms with van der Waals surface area (Å²) in [6.07, 6.45) is 3.95. The third-order valence-corrected chi connectivity index (χ3v) is 5.61. The summed E-state index contributed by atoms with van der Waals surface area (Å²) in [5.41, 5.74) is 3.58. The monoisotopic (exact) mass is 384 g/mol. The van der Waals surface area contributed by atoms with Crippen LogP contribution < -0.4 is 20.3 Å². The molecule has 0 radical (unpaired) electrons. The zero-order valence-electron chi connectivity index (χ0n) is 16.3. The molecule has 1 fully saturated rings. The first-order valence-corrected chi connectivity index (χ1v) is 10.2. The van der Waals surface area contributed by atoms with Crippen LogP contribution in [-0.4, -0.2) is 31.9 Å². The van der Waals surface area contributed by atoms with E-state index in [2.05, 4.69) is 54.0 Å². The van der Waals surface area contributed by atoms with Crippen molar-refractivity contribution in [3.05, 3.63) is 59.7 Å². The van der Waals surface area contributed by atoms with Gasteiger partial charge in [0.25, 0.3) is 0 Å². The van der Waals surface area contributed by atoms with Crippen molar-refractivity contribution >= 4 is 23.0 Å². The van der Waals surface area contributed by atoms with Crippen molar-refractivity contribution in [1.29, 1.82) is 0 Å². The molecule has 4 nitrogen and oxygen atoms in total. The third-order valence-electron chi connectivity index (χ3n) is 5.37. The molecule has 27 heavy (non-hydrogen) atoms. The molecule has 1 saturated heterocycles. The summed E-state index contributed by atoms with van der Waals surface area (Å²) in [4.78, 5) is 1.64. The van der Waals surface area contributed by atoms with Crippen molar-refractivity contribution in [2.24, 2.45) is 0 Å². The molecule has 3 N–H and O–H groups in total. The van der Waals surface area contributed by atoms with Crippen molar-refractivity contribution in [2.45, 2.75) is 32.2 Å². The summed E-state index contributed by atoms with van der Waals surface area (Å²) in [6, 6.07) is 17.1. The maximum absolute atomic E-state index is 5.55. The van der Waals surface area contributed by atoms with Crippen LogP contribution >= 0.6 is 12.2 Å². The number of rotatable bonds is 6. The maximum atomic E-state index is 5.55. The van der Waals surface area contributed by atoms with Gasteiger partial charge in [0.05, 0.1) is 26.7 Å². The fourth-order valence-electron chi connectivity index (χ4n) is 3.76. The van der Waals surface area contributed by atoms with Crippen LogP contribution in [0.2, 0.25) is 0 Å². The molecule has 0 aliphatic carbocycles. The second-order valence-electron chi connectivity index (χ2n) is 7.19. The average molecular weight is 385 g/mol. The largest absolute Gasteiger partial charge is 0.497 e. The number of methoxy groups -OCH3 is 1. The Bertz CT molecular complexity index is 741. The minimum atomic E-state index is 0.382. The molecule has 0 aromatic heterocycles. The normalized spacial score (nSPS) is 15.8. The summed E-state index contributed by atoms with van der Waals surface area (Å²) in [7, 11) is 1.71. The molecule has 0 amide bonds. The minimum absolute atomic E-state index is 0.382. The van der Waals surface area contributed by atoms with Crippen molar-refractivity contribution in [3.63, 3.8) is 0 Å². The van der Waals surface area contributed by atoms with E-state index in [0.29, 0.717) is 11.2 Å². The van der Waals surface area contributed by atoms with Gasteiger partial charge < -0.3 is 20.3 Å². The highest BCUT2D eigenvalue weighted by Gasteiger charge is 2.26. The van der Waals surface area contributed by atoms with Crippen molar-refractivity contribution in [3.8, 4) is 5.75 Å². The van der Waals surface area contributed by atoms with Crippen LogP contribution in [0.25, 0.3) is 0 Å². The Morgan fingerprint density at radius 3 is 2.44 bits per heavy atom. The summed E-state index contributed by atoms with van der Waals surface area (Å²) in [6.45, 7) is 5.34. The van der Waals surface area contributed by atoms with Crippen LogP contribution in [0.5, 0.6) is 5.75 Å². The highest BCUT2D eigenvalue weighted by Crippen LogP contribution is 2.17. The lowest BCUT2D eigenvalue weighted by molar-refractivity contribution is -0.934. The van der Waals surface area contributed by atoms with Gasteiger partial charge >= 0.3 is 0 Å². The molecule has 0 spiro atoms. The van der Waals surface area contributed by atoms with Gasteiger partial charge in [-0.25, -0.2) is 0 Å². The molecule has 0 unspecified atom stereocenters. The average Bonchev–Trinajstić information content (AvgIpc) is 2.71. The van der Waals surface area contributed by atoms with Gasteiger partial charge in [-0.15, -0.1) is 0 Å².